The van der Waals surface area contributed by atoms with Crippen LogP contribution < -0.4 is 5.48 Å². The quantitative estimate of drug-likeness (QED) is 0.766. The standard InChI is InChI=1S/C9H10FNO2.C2H6/c1-6-3-4-8(10)7(5-6)9(12)11-13-2;1-2/h3-5H,1-2H3,(H,11,12);1-2H3. The van der Waals surface area contributed by atoms with E-state index in [0.29, 0.717) is 0 Å². The van der Waals surface area contributed by atoms with E-state index in [1.165, 1.54) is 19.2 Å². The number of carbonyl (C=O) groups excluding carboxylic acids is 1. The van der Waals surface area contributed by atoms with Gasteiger partial charge in [0.05, 0.1) is 12.7 Å². The largest absolute Gasteiger partial charge is 0.277 e. The van der Waals surface area contributed by atoms with Gasteiger partial charge in [-0.05, 0) is 19.1 Å². The average molecular weight is 213 g/mol. The number of hydrogen-bond donors (Lipinski definition) is 1. The molecule has 1 N–H and O–H groups in total. The van der Waals surface area contributed by atoms with E-state index in [-0.39, 0.29) is 5.56 Å². The first kappa shape index (κ1) is 13.6. The van der Waals surface area contributed by atoms with Gasteiger partial charge < -0.3 is 0 Å². The molecule has 0 atom stereocenters. The predicted molar refractivity (Wildman–Crippen MR) is 57.0 cm³/mol. The van der Waals surface area contributed by atoms with Crippen molar-refractivity contribution in [2.24, 2.45) is 0 Å². The number of hydrogen-bond acceptors (Lipinski definition) is 2. The number of aryl methyl sites for hydroxylation is 1. The highest BCUT2D eigenvalue weighted by Crippen LogP contribution is 2.09. The van der Waals surface area contributed by atoms with Gasteiger partial charge in [-0.2, -0.15) is 0 Å². The summed E-state index contributed by atoms with van der Waals surface area (Å²) in [5.41, 5.74) is 2.86. The lowest BCUT2D eigenvalue weighted by Gasteiger charge is -2.03. The van der Waals surface area contributed by atoms with Crippen molar-refractivity contribution in [2.75, 3.05) is 7.11 Å². The maximum Gasteiger partial charge on any atom is 0.277 e. The van der Waals surface area contributed by atoms with Gasteiger partial charge in [-0.3, -0.25) is 9.63 Å². The summed E-state index contributed by atoms with van der Waals surface area (Å²) in [5, 5.41) is 0. The van der Waals surface area contributed by atoms with Crippen LogP contribution in [-0.4, -0.2) is 13.0 Å². The zero-order valence-electron chi connectivity index (χ0n) is 9.43. The first-order chi connectivity index (χ1) is 7.15. The van der Waals surface area contributed by atoms with Crippen molar-refractivity contribution in [3.8, 4) is 0 Å². The van der Waals surface area contributed by atoms with Gasteiger partial charge in [-0.1, -0.05) is 25.5 Å². The first-order valence-electron chi connectivity index (χ1n) is 4.74. The molecule has 4 heteroatoms. The van der Waals surface area contributed by atoms with Crippen molar-refractivity contribution in [1.29, 1.82) is 0 Å². The molecule has 1 rings (SSSR count). The van der Waals surface area contributed by atoms with E-state index in [2.05, 4.69) is 10.3 Å². The number of benzene rings is 1. The van der Waals surface area contributed by atoms with E-state index in [9.17, 15) is 9.18 Å². The van der Waals surface area contributed by atoms with Crippen LogP contribution in [0.4, 0.5) is 4.39 Å². The molecule has 0 saturated carbocycles. The van der Waals surface area contributed by atoms with E-state index in [1.807, 2.05) is 13.8 Å². The Kier molecular flexibility index (Phi) is 6.29. The molecule has 15 heavy (non-hydrogen) atoms. The number of amides is 1. The summed E-state index contributed by atoms with van der Waals surface area (Å²) in [6.07, 6.45) is 0. The highest BCUT2D eigenvalue weighted by molar-refractivity contribution is 5.93. The third kappa shape index (κ3) is 4.08. The molecule has 0 bridgehead atoms. The predicted octanol–water partition coefficient (Wildman–Crippen LogP) is 2.45. The fourth-order valence-electron chi connectivity index (χ4n) is 0.961. The Hall–Kier alpha value is -1.42. The number of halogens is 1. The van der Waals surface area contributed by atoms with E-state index < -0.39 is 11.7 Å². The summed E-state index contributed by atoms with van der Waals surface area (Å²) in [4.78, 5) is 15.5. The zero-order chi connectivity index (χ0) is 11.8. The smallest absolute Gasteiger partial charge is 0.277 e. The van der Waals surface area contributed by atoms with E-state index in [0.717, 1.165) is 5.56 Å². The summed E-state index contributed by atoms with van der Waals surface area (Å²) in [6, 6.07) is 4.31. The maximum absolute atomic E-state index is 13.0. The van der Waals surface area contributed by atoms with E-state index >= 15 is 0 Å². The van der Waals surface area contributed by atoms with Gasteiger partial charge in [0.2, 0.25) is 0 Å². The molecule has 0 unspecified atom stereocenters. The Bertz CT molecular complexity index is 326. The van der Waals surface area contributed by atoms with E-state index in [4.69, 9.17) is 0 Å². The molecule has 1 aromatic carbocycles. The normalized spacial score (nSPS) is 8.87. The van der Waals surface area contributed by atoms with Gasteiger partial charge in [0.1, 0.15) is 5.82 Å². The Balaban J connectivity index is 0.000000921. The van der Waals surface area contributed by atoms with Crippen LogP contribution in [0.25, 0.3) is 0 Å². The van der Waals surface area contributed by atoms with Crippen molar-refractivity contribution in [1.82, 2.24) is 5.48 Å². The summed E-state index contributed by atoms with van der Waals surface area (Å²) < 4.78 is 13.0. The molecule has 0 aliphatic heterocycles. The average Bonchev–Trinajstić information content (AvgIpc) is 2.25. The zero-order valence-corrected chi connectivity index (χ0v) is 9.43. The molecule has 0 aromatic heterocycles. The van der Waals surface area contributed by atoms with Crippen LogP contribution in [-0.2, 0) is 4.84 Å². The molecule has 0 fully saturated rings. The minimum atomic E-state index is -0.580. The second kappa shape index (κ2) is 6.95. The lowest BCUT2D eigenvalue weighted by atomic mass is 10.1. The van der Waals surface area contributed by atoms with Crippen molar-refractivity contribution in [3.05, 3.63) is 35.1 Å². The molecule has 0 radical (unpaired) electrons. The van der Waals surface area contributed by atoms with Gasteiger partial charge in [0.25, 0.3) is 5.91 Å². The Morgan fingerprint density at radius 2 is 2.00 bits per heavy atom. The third-order valence-corrected chi connectivity index (χ3v) is 1.56. The minimum absolute atomic E-state index is 0.0122. The fraction of sp³-hybridized carbons (Fsp3) is 0.364. The summed E-state index contributed by atoms with van der Waals surface area (Å²) in [7, 11) is 1.30. The highest BCUT2D eigenvalue weighted by Gasteiger charge is 2.10. The monoisotopic (exact) mass is 213 g/mol. The molecular formula is C11H16FNO2. The highest BCUT2D eigenvalue weighted by atomic mass is 19.1. The lowest BCUT2D eigenvalue weighted by molar-refractivity contribution is 0.0533. The maximum atomic E-state index is 13.0. The van der Waals surface area contributed by atoms with Crippen LogP contribution in [0.15, 0.2) is 18.2 Å². The van der Waals surface area contributed by atoms with Crippen LogP contribution in [0.3, 0.4) is 0 Å². The van der Waals surface area contributed by atoms with Crippen LogP contribution in [0.1, 0.15) is 29.8 Å². The second-order valence-electron chi connectivity index (χ2n) is 2.62. The van der Waals surface area contributed by atoms with Crippen LogP contribution in [0.5, 0.6) is 0 Å². The molecule has 84 valence electrons. The van der Waals surface area contributed by atoms with Crippen LogP contribution in [0.2, 0.25) is 0 Å². The van der Waals surface area contributed by atoms with Gasteiger partial charge in [0, 0.05) is 0 Å². The molecule has 1 aromatic rings. The summed E-state index contributed by atoms with van der Waals surface area (Å²) >= 11 is 0. The SMILES string of the molecule is CC.CONC(=O)c1cc(C)ccc1F. The number of nitrogens with one attached hydrogen (secondary N) is 1. The Morgan fingerprint density at radius 3 is 2.53 bits per heavy atom. The molecule has 0 aliphatic carbocycles. The summed E-state index contributed by atoms with van der Waals surface area (Å²) in [5.74, 6) is -1.14. The second-order valence-corrected chi connectivity index (χ2v) is 2.62. The molecule has 1 amide bonds. The first-order valence-corrected chi connectivity index (χ1v) is 4.74. The molecule has 0 heterocycles. The van der Waals surface area contributed by atoms with Gasteiger partial charge in [-0.25, -0.2) is 9.87 Å². The molecular weight excluding hydrogens is 197 g/mol. The number of rotatable bonds is 2. The van der Waals surface area contributed by atoms with E-state index in [1.54, 1.807) is 13.0 Å². The van der Waals surface area contributed by atoms with Crippen LogP contribution >= 0.6 is 0 Å². The molecule has 0 saturated heterocycles. The Morgan fingerprint density at radius 1 is 1.40 bits per heavy atom. The van der Waals surface area contributed by atoms with Crippen molar-refractivity contribution >= 4 is 5.91 Å². The van der Waals surface area contributed by atoms with Crippen molar-refractivity contribution < 1.29 is 14.0 Å². The van der Waals surface area contributed by atoms with Gasteiger partial charge >= 0.3 is 0 Å². The van der Waals surface area contributed by atoms with Gasteiger partial charge in [0.15, 0.2) is 0 Å². The molecule has 0 aliphatic rings. The number of carbonyl (C=O) groups is 1. The lowest BCUT2D eigenvalue weighted by Crippen LogP contribution is -2.22. The van der Waals surface area contributed by atoms with Crippen molar-refractivity contribution in [3.63, 3.8) is 0 Å². The third-order valence-electron chi connectivity index (χ3n) is 1.56. The molecule has 0 spiro atoms. The van der Waals surface area contributed by atoms with Crippen LogP contribution in [0, 0.1) is 12.7 Å². The Labute approximate surface area is 89.2 Å². The minimum Gasteiger partial charge on any atom is -0.277 e. The van der Waals surface area contributed by atoms with Crippen molar-refractivity contribution in [2.45, 2.75) is 20.8 Å². The fourth-order valence-corrected chi connectivity index (χ4v) is 0.961. The molecule has 3 nitrogen and oxygen atoms in total. The summed E-state index contributed by atoms with van der Waals surface area (Å²) in [6.45, 7) is 5.78. The number of hydroxylamine groups is 1. The van der Waals surface area contributed by atoms with Gasteiger partial charge in [-0.15, -0.1) is 0 Å². The topological polar surface area (TPSA) is 38.3 Å².